The predicted octanol–water partition coefficient (Wildman–Crippen LogP) is 3.53. The van der Waals surface area contributed by atoms with Gasteiger partial charge in [-0.05, 0) is 50.2 Å². The Balaban J connectivity index is 2.18. The summed E-state index contributed by atoms with van der Waals surface area (Å²) in [6, 6.07) is 0. The molecule has 0 fully saturated rings. The molecule has 2 nitrogen and oxygen atoms in total. The molecule has 1 atom stereocenters. The molecule has 0 bridgehead atoms. The minimum Gasteiger partial charge on any atom is -0.288 e. The van der Waals surface area contributed by atoms with Crippen molar-refractivity contribution in [3.05, 3.63) is 23.3 Å². The van der Waals surface area contributed by atoms with Crippen LogP contribution in [0.5, 0.6) is 0 Å². The van der Waals surface area contributed by atoms with Gasteiger partial charge in [-0.2, -0.15) is 0 Å². The van der Waals surface area contributed by atoms with Gasteiger partial charge in [0.25, 0.3) is 0 Å². The van der Waals surface area contributed by atoms with Gasteiger partial charge in [-0.1, -0.05) is 35.6 Å². The topological polar surface area (TPSA) is 34.1 Å². The van der Waals surface area contributed by atoms with Crippen LogP contribution in [-0.2, 0) is 9.59 Å². The smallest absolute Gasteiger partial charge is 0.207 e. The highest BCUT2D eigenvalue weighted by Crippen LogP contribution is 2.33. The Morgan fingerprint density at radius 3 is 2.91 bits per heavy atom. The maximum absolute atomic E-state index is 11.8. The highest BCUT2D eigenvalue weighted by atomic mass is 32.2. The Labute approximate surface area is 136 Å². The number of carbonyl (C=O) groups excluding carboxylic acids is 2. The number of thioether (sulfide) groups is 1. The Morgan fingerprint density at radius 1 is 1.41 bits per heavy atom. The third kappa shape index (κ3) is 4.93. The number of allylic oxidation sites excluding steroid dienone is 4. The lowest BCUT2D eigenvalue weighted by molar-refractivity contribution is -0.115. The van der Waals surface area contributed by atoms with Gasteiger partial charge in [0.15, 0.2) is 5.12 Å². The van der Waals surface area contributed by atoms with Gasteiger partial charge in [-0.3, -0.25) is 9.59 Å². The van der Waals surface area contributed by atoms with Gasteiger partial charge in [0.05, 0.1) is 0 Å². The van der Waals surface area contributed by atoms with Crippen LogP contribution in [0, 0.1) is 35.0 Å². The lowest BCUT2D eigenvalue weighted by atomic mass is 9.87. The normalized spacial score (nSPS) is 22.3. The van der Waals surface area contributed by atoms with Crippen molar-refractivity contribution in [2.75, 3.05) is 5.75 Å². The first-order valence-electron chi connectivity index (χ1n) is 7.48. The van der Waals surface area contributed by atoms with E-state index in [-0.39, 0.29) is 16.3 Å². The summed E-state index contributed by atoms with van der Waals surface area (Å²) in [6.45, 7) is 5.55. The molecule has 0 N–H and O–H groups in total. The minimum atomic E-state index is -0.350. The zero-order valence-electron chi connectivity index (χ0n) is 13.3. The van der Waals surface area contributed by atoms with E-state index in [1.165, 1.54) is 11.8 Å². The van der Waals surface area contributed by atoms with Gasteiger partial charge < -0.3 is 0 Å². The average molecular weight is 312 g/mol. The van der Waals surface area contributed by atoms with Crippen LogP contribution in [0.1, 0.15) is 40.0 Å². The summed E-state index contributed by atoms with van der Waals surface area (Å²) >= 11 is 1.37. The van der Waals surface area contributed by atoms with Crippen LogP contribution in [0.4, 0.5) is 0 Å². The van der Waals surface area contributed by atoms with E-state index in [4.69, 9.17) is 0 Å². The Morgan fingerprint density at radius 2 is 2.18 bits per heavy atom. The number of carbonyl (C=O) groups is 2. The molecule has 1 unspecified atom stereocenters. The molecule has 22 heavy (non-hydrogen) atoms. The molecular weight excluding hydrogens is 292 g/mol. The summed E-state index contributed by atoms with van der Waals surface area (Å²) in [6.07, 6.45) is 6.24. The van der Waals surface area contributed by atoms with E-state index in [2.05, 4.69) is 29.8 Å². The highest BCUT2D eigenvalue weighted by Gasteiger charge is 2.22. The predicted molar refractivity (Wildman–Crippen MR) is 91.0 cm³/mol. The van der Waals surface area contributed by atoms with E-state index in [0.717, 1.165) is 29.7 Å². The van der Waals surface area contributed by atoms with E-state index in [9.17, 15) is 9.59 Å². The van der Waals surface area contributed by atoms with Crippen molar-refractivity contribution in [3.63, 3.8) is 0 Å². The number of rotatable bonds is 3. The maximum atomic E-state index is 11.8. The molecule has 114 valence electrons. The van der Waals surface area contributed by atoms with Gasteiger partial charge >= 0.3 is 0 Å². The third-order valence-corrected chi connectivity index (χ3v) is 4.47. The summed E-state index contributed by atoms with van der Waals surface area (Å²) in [7, 11) is 0. The molecule has 0 aromatic heterocycles. The molecule has 0 amide bonds. The van der Waals surface area contributed by atoms with Gasteiger partial charge in [0.1, 0.15) is 0 Å². The quantitative estimate of drug-likeness (QED) is 0.590. The third-order valence-electron chi connectivity index (χ3n) is 3.62. The molecule has 3 heteroatoms. The zero-order chi connectivity index (χ0) is 16.2. The van der Waals surface area contributed by atoms with E-state index in [1.54, 1.807) is 6.92 Å². The Kier molecular flexibility index (Phi) is 5.33. The van der Waals surface area contributed by atoms with Crippen molar-refractivity contribution in [2.24, 2.45) is 11.3 Å². The molecule has 0 heterocycles. The van der Waals surface area contributed by atoms with E-state index in [1.807, 2.05) is 19.9 Å². The number of hydrogen-bond donors (Lipinski definition) is 0. The first-order valence-corrected chi connectivity index (χ1v) is 8.46. The molecule has 0 aliphatic heterocycles. The van der Waals surface area contributed by atoms with Crippen LogP contribution in [0.2, 0.25) is 0 Å². The molecule has 0 aromatic rings. The van der Waals surface area contributed by atoms with Gasteiger partial charge in [0, 0.05) is 30.1 Å². The fourth-order valence-corrected chi connectivity index (χ4v) is 3.23. The van der Waals surface area contributed by atoms with E-state index >= 15 is 0 Å². The zero-order valence-corrected chi connectivity index (χ0v) is 14.1. The summed E-state index contributed by atoms with van der Waals surface area (Å²) in [5, 5.41) is 0.162. The second-order valence-electron chi connectivity index (χ2n) is 6.35. The minimum absolute atomic E-state index is 0.0593. The lowest BCUT2D eigenvalue weighted by Gasteiger charge is -2.14. The number of ketones is 1. The largest absolute Gasteiger partial charge is 0.288 e. The lowest BCUT2D eigenvalue weighted by Crippen LogP contribution is -2.14. The molecule has 2 rings (SSSR count). The number of fused-ring (bicyclic) bond motifs is 1. The first kappa shape index (κ1) is 16.7. The summed E-state index contributed by atoms with van der Waals surface area (Å²) in [5.74, 6) is 13.2. The molecular formula is C19H20O2S. The van der Waals surface area contributed by atoms with Crippen LogP contribution in [0.15, 0.2) is 23.3 Å². The molecule has 0 aromatic carbocycles. The fraction of sp³-hybridized carbons (Fsp3) is 0.474. The van der Waals surface area contributed by atoms with Gasteiger partial charge in [-0.25, -0.2) is 0 Å². The second-order valence-corrected chi connectivity index (χ2v) is 7.62. The van der Waals surface area contributed by atoms with Crippen molar-refractivity contribution in [1.82, 2.24) is 0 Å². The summed E-state index contributed by atoms with van der Waals surface area (Å²) < 4.78 is 0. The molecule has 2 aliphatic rings. The van der Waals surface area contributed by atoms with Crippen molar-refractivity contribution < 1.29 is 9.59 Å². The standard InChI is InChI=1S/C19H20O2S/c1-14(20)22-10-8-15-11-16-5-4-6-18(21)13-19(2,3)9-7-17(16)12-15/h5,12,15H,8,10-11,13H2,1-3H3. The first-order chi connectivity index (χ1) is 10.4. The van der Waals surface area contributed by atoms with Crippen molar-refractivity contribution >= 4 is 22.7 Å². The monoisotopic (exact) mass is 312 g/mol. The number of Topliss-reactive ketones (excluding diaryl/α,β-unsaturated/α-hetero) is 1. The summed E-state index contributed by atoms with van der Waals surface area (Å²) in [5.41, 5.74) is 1.80. The van der Waals surface area contributed by atoms with Crippen LogP contribution in [0.3, 0.4) is 0 Å². The van der Waals surface area contributed by atoms with Gasteiger partial charge in [-0.15, -0.1) is 0 Å². The Hall–Kier alpha value is -1.71. The maximum Gasteiger partial charge on any atom is 0.207 e. The molecule has 0 radical (unpaired) electrons. The van der Waals surface area contributed by atoms with Crippen LogP contribution < -0.4 is 0 Å². The van der Waals surface area contributed by atoms with Crippen molar-refractivity contribution in [1.29, 1.82) is 0 Å². The fourth-order valence-electron chi connectivity index (χ4n) is 2.52. The van der Waals surface area contributed by atoms with E-state index < -0.39 is 0 Å². The average Bonchev–Trinajstić information content (AvgIpc) is 2.77. The van der Waals surface area contributed by atoms with Crippen LogP contribution >= 0.6 is 11.8 Å². The highest BCUT2D eigenvalue weighted by molar-refractivity contribution is 8.13. The summed E-state index contributed by atoms with van der Waals surface area (Å²) in [4.78, 5) is 22.8. The second kappa shape index (κ2) is 7.03. The SMILES string of the molecule is CC(=O)SCCC1C=C2C#CC(C)(C)CC(=O)C#CC=C2C1. The van der Waals surface area contributed by atoms with Crippen molar-refractivity contribution in [3.8, 4) is 23.7 Å². The molecule has 0 saturated carbocycles. The van der Waals surface area contributed by atoms with Crippen LogP contribution in [0.25, 0.3) is 0 Å². The van der Waals surface area contributed by atoms with E-state index in [0.29, 0.717) is 12.3 Å². The van der Waals surface area contributed by atoms with Crippen molar-refractivity contribution in [2.45, 2.75) is 40.0 Å². The van der Waals surface area contributed by atoms with Crippen LogP contribution in [-0.4, -0.2) is 16.7 Å². The molecule has 0 saturated heterocycles. The molecule has 0 spiro atoms. The number of hydrogen-bond acceptors (Lipinski definition) is 3. The van der Waals surface area contributed by atoms with Gasteiger partial charge in [0.2, 0.25) is 5.78 Å². The Bertz CT molecular complexity index is 672. The molecule has 2 aliphatic carbocycles.